The van der Waals surface area contributed by atoms with Crippen LogP contribution in [0.2, 0.25) is 0 Å². The number of benzene rings is 1. The molecule has 0 N–H and O–H groups in total. The Hall–Kier alpha value is -2.18. The van der Waals surface area contributed by atoms with Crippen molar-refractivity contribution < 1.29 is 23.6 Å². The van der Waals surface area contributed by atoms with E-state index >= 15 is 0 Å². The van der Waals surface area contributed by atoms with Gasteiger partial charge in [-0.05, 0) is 18.6 Å². The van der Waals surface area contributed by atoms with E-state index in [0.717, 1.165) is 6.42 Å². The minimum Gasteiger partial charge on any atom is -0.431 e. The quantitative estimate of drug-likeness (QED) is 0.344. The molecule has 0 aromatic heterocycles. The lowest BCUT2D eigenvalue weighted by atomic mass is 10.1. The van der Waals surface area contributed by atoms with Gasteiger partial charge in [-0.1, -0.05) is 13.3 Å². The molecule has 0 fully saturated rings. The van der Waals surface area contributed by atoms with Crippen molar-refractivity contribution in [2.45, 2.75) is 19.8 Å². The normalized spacial score (nSPS) is 10.0. The van der Waals surface area contributed by atoms with Gasteiger partial charge < -0.3 is 9.47 Å². The lowest BCUT2D eigenvalue weighted by molar-refractivity contribution is -0.385. The van der Waals surface area contributed by atoms with E-state index in [-0.39, 0.29) is 18.0 Å². The second kappa shape index (κ2) is 7.30. The molecule has 1 aromatic rings. The van der Waals surface area contributed by atoms with Crippen LogP contribution >= 0.6 is 0 Å². The summed E-state index contributed by atoms with van der Waals surface area (Å²) < 4.78 is 21.0. The number of hydrogen-bond acceptors (Lipinski definition) is 5. The first kappa shape index (κ1) is 14.9. The van der Waals surface area contributed by atoms with Crippen LogP contribution in [0.1, 0.15) is 18.9 Å². The third-order valence-electron chi connectivity index (χ3n) is 2.27. The van der Waals surface area contributed by atoms with Gasteiger partial charge in [0, 0.05) is 11.6 Å². The van der Waals surface area contributed by atoms with Gasteiger partial charge in [0.25, 0.3) is 5.69 Å². The molecule has 0 radical (unpaired) electrons. The summed E-state index contributed by atoms with van der Waals surface area (Å²) in [5.41, 5.74) is 0.453. The number of halogens is 1. The maximum atomic E-state index is 11.8. The molecule has 0 saturated carbocycles. The topological polar surface area (TPSA) is 78.7 Å². The van der Waals surface area contributed by atoms with Crippen molar-refractivity contribution in [3.8, 4) is 5.75 Å². The second-order valence-corrected chi connectivity index (χ2v) is 3.69. The lowest BCUT2D eigenvalue weighted by Gasteiger charge is -2.06. The molecule has 1 aromatic carbocycles. The molecule has 0 aliphatic rings. The molecular weight excluding hydrogens is 257 g/mol. The zero-order valence-electron chi connectivity index (χ0n) is 10.4. The van der Waals surface area contributed by atoms with Crippen molar-refractivity contribution in [1.82, 2.24) is 0 Å². The van der Waals surface area contributed by atoms with Crippen LogP contribution in [-0.2, 0) is 11.2 Å². The molecule has 0 bridgehead atoms. The van der Waals surface area contributed by atoms with Gasteiger partial charge in [0.1, 0.15) is 19.0 Å². The molecule has 0 amide bonds. The SMILES string of the molecule is CCCc1cc(OC(=O)OCCF)ccc1[N+](=O)[O-]. The Morgan fingerprint density at radius 1 is 1.47 bits per heavy atom. The van der Waals surface area contributed by atoms with Crippen molar-refractivity contribution in [1.29, 1.82) is 0 Å². The summed E-state index contributed by atoms with van der Waals surface area (Å²) >= 11 is 0. The van der Waals surface area contributed by atoms with Crippen molar-refractivity contribution in [2.75, 3.05) is 13.3 Å². The number of carbonyl (C=O) groups is 1. The summed E-state index contributed by atoms with van der Waals surface area (Å²) in [6.07, 6.45) is 0.179. The van der Waals surface area contributed by atoms with Crippen molar-refractivity contribution in [3.63, 3.8) is 0 Å². The number of ether oxygens (including phenoxy) is 2. The van der Waals surface area contributed by atoms with Crippen LogP contribution in [0.4, 0.5) is 14.9 Å². The molecule has 0 heterocycles. The maximum absolute atomic E-state index is 11.8. The van der Waals surface area contributed by atoms with Gasteiger partial charge in [-0.2, -0.15) is 0 Å². The van der Waals surface area contributed by atoms with E-state index < -0.39 is 17.8 Å². The Labute approximate surface area is 109 Å². The highest BCUT2D eigenvalue weighted by Crippen LogP contribution is 2.25. The van der Waals surface area contributed by atoms with Crippen LogP contribution in [0.3, 0.4) is 0 Å². The zero-order chi connectivity index (χ0) is 14.3. The first-order valence-corrected chi connectivity index (χ1v) is 5.76. The third kappa shape index (κ3) is 4.53. The minimum atomic E-state index is -1.03. The molecule has 6 nitrogen and oxygen atoms in total. The van der Waals surface area contributed by atoms with Crippen LogP contribution in [-0.4, -0.2) is 24.4 Å². The smallest absolute Gasteiger partial charge is 0.431 e. The number of nitro groups is 1. The largest absolute Gasteiger partial charge is 0.513 e. The number of carbonyl (C=O) groups excluding carboxylic acids is 1. The number of alkyl halides is 1. The zero-order valence-corrected chi connectivity index (χ0v) is 10.4. The van der Waals surface area contributed by atoms with Crippen molar-refractivity contribution in [2.24, 2.45) is 0 Å². The Bertz CT molecular complexity index is 463. The van der Waals surface area contributed by atoms with Crippen LogP contribution in [0.15, 0.2) is 18.2 Å². The van der Waals surface area contributed by atoms with Gasteiger partial charge in [0.2, 0.25) is 0 Å². The van der Waals surface area contributed by atoms with Crippen LogP contribution in [0.25, 0.3) is 0 Å². The molecule has 7 heteroatoms. The predicted molar refractivity (Wildman–Crippen MR) is 65.0 cm³/mol. The van der Waals surface area contributed by atoms with Gasteiger partial charge in [-0.3, -0.25) is 10.1 Å². The summed E-state index contributed by atoms with van der Waals surface area (Å²) in [7, 11) is 0. The molecule has 0 atom stereocenters. The lowest BCUT2D eigenvalue weighted by Crippen LogP contribution is -2.12. The van der Waals surface area contributed by atoms with E-state index in [1.807, 2.05) is 6.92 Å². The first-order valence-electron chi connectivity index (χ1n) is 5.76. The van der Waals surface area contributed by atoms with Crippen LogP contribution < -0.4 is 4.74 Å². The Kier molecular flexibility index (Phi) is 5.72. The summed E-state index contributed by atoms with van der Waals surface area (Å²) in [5, 5.41) is 10.8. The van der Waals surface area contributed by atoms with Gasteiger partial charge in [-0.15, -0.1) is 0 Å². The van der Waals surface area contributed by atoms with Gasteiger partial charge in [0.15, 0.2) is 0 Å². The van der Waals surface area contributed by atoms with Crippen LogP contribution in [0.5, 0.6) is 5.75 Å². The molecule has 0 spiro atoms. The second-order valence-electron chi connectivity index (χ2n) is 3.69. The van der Waals surface area contributed by atoms with E-state index in [0.29, 0.717) is 12.0 Å². The fourth-order valence-corrected chi connectivity index (χ4v) is 1.52. The molecule has 0 aliphatic heterocycles. The number of nitrogens with zero attached hydrogens (tertiary/aromatic N) is 1. The molecule has 1 rings (SSSR count). The van der Waals surface area contributed by atoms with Crippen LogP contribution in [0, 0.1) is 10.1 Å². The fourth-order valence-electron chi connectivity index (χ4n) is 1.52. The number of rotatable bonds is 6. The number of aryl methyl sites for hydroxylation is 1. The highest BCUT2D eigenvalue weighted by Gasteiger charge is 2.15. The van der Waals surface area contributed by atoms with E-state index in [4.69, 9.17) is 4.74 Å². The van der Waals surface area contributed by atoms with Gasteiger partial charge in [0.05, 0.1) is 4.92 Å². The Morgan fingerprint density at radius 3 is 2.79 bits per heavy atom. The summed E-state index contributed by atoms with van der Waals surface area (Å²) in [6, 6.07) is 3.98. The highest BCUT2D eigenvalue weighted by atomic mass is 19.1. The molecule has 104 valence electrons. The van der Waals surface area contributed by atoms with Gasteiger partial charge >= 0.3 is 6.16 Å². The summed E-state index contributed by atoms with van der Waals surface area (Å²) in [5.74, 6) is 0.137. The monoisotopic (exact) mass is 271 g/mol. The average molecular weight is 271 g/mol. The Morgan fingerprint density at radius 2 is 2.21 bits per heavy atom. The summed E-state index contributed by atoms with van der Waals surface area (Å²) in [6.45, 7) is 0.705. The van der Waals surface area contributed by atoms with E-state index in [1.54, 1.807) is 0 Å². The molecule has 19 heavy (non-hydrogen) atoms. The first-order chi connectivity index (χ1) is 9.08. The standard InChI is InChI=1S/C12H14FNO5/c1-2-3-9-8-10(4-5-11(9)14(16)17)19-12(15)18-7-6-13/h4-5,8H,2-3,6-7H2,1H3. The average Bonchev–Trinajstić information content (AvgIpc) is 2.36. The molecular formula is C12H14FNO5. The minimum absolute atomic E-state index is 0.0219. The number of nitro benzene ring substituents is 1. The predicted octanol–water partition coefficient (Wildman–Crippen LogP) is 3.03. The Balaban J connectivity index is 2.83. The van der Waals surface area contributed by atoms with Crippen molar-refractivity contribution in [3.05, 3.63) is 33.9 Å². The number of hydrogen-bond donors (Lipinski definition) is 0. The molecule has 0 unspecified atom stereocenters. The molecule has 0 aliphatic carbocycles. The van der Waals surface area contributed by atoms with Crippen molar-refractivity contribution >= 4 is 11.8 Å². The fraction of sp³-hybridized carbons (Fsp3) is 0.417. The van der Waals surface area contributed by atoms with E-state index in [2.05, 4.69) is 4.74 Å². The van der Waals surface area contributed by atoms with Gasteiger partial charge in [-0.25, -0.2) is 9.18 Å². The van der Waals surface area contributed by atoms with E-state index in [1.165, 1.54) is 18.2 Å². The highest BCUT2D eigenvalue weighted by molar-refractivity contribution is 5.64. The van der Waals surface area contributed by atoms with E-state index in [9.17, 15) is 19.3 Å². The maximum Gasteiger partial charge on any atom is 0.513 e. The summed E-state index contributed by atoms with van der Waals surface area (Å²) in [4.78, 5) is 21.4. The molecule has 0 saturated heterocycles. The third-order valence-corrected chi connectivity index (χ3v) is 2.27.